The molecule has 3 rings (SSSR count). The number of hydrogen-bond acceptors (Lipinski definition) is 6. The first-order valence-electron chi connectivity index (χ1n) is 9.49. The summed E-state index contributed by atoms with van der Waals surface area (Å²) in [5.41, 5.74) is 7.24. The number of anilines is 2. The maximum absolute atomic E-state index is 12.9. The zero-order chi connectivity index (χ0) is 21.0. The predicted molar refractivity (Wildman–Crippen MR) is 110 cm³/mol. The van der Waals surface area contributed by atoms with Crippen molar-refractivity contribution in [2.24, 2.45) is 5.92 Å². The van der Waals surface area contributed by atoms with Gasteiger partial charge in [-0.3, -0.25) is 4.79 Å². The molecule has 2 aromatic rings. The number of carbonyl (C=O) groups is 1. The number of nitriles is 1. The van der Waals surface area contributed by atoms with Gasteiger partial charge in [0.2, 0.25) is 15.9 Å². The van der Waals surface area contributed by atoms with Crippen LogP contribution in [0, 0.1) is 17.2 Å². The monoisotopic (exact) mass is 416 g/mol. The molecule has 3 N–H and O–H groups in total. The molecule has 2 heterocycles. The van der Waals surface area contributed by atoms with Gasteiger partial charge in [0.25, 0.3) is 0 Å². The molecule has 0 spiro atoms. The molecule has 9 nitrogen and oxygen atoms in total. The van der Waals surface area contributed by atoms with Crippen molar-refractivity contribution in [1.29, 1.82) is 5.26 Å². The molecule has 1 unspecified atom stereocenters. The minimum absolute atomic E-state index is 0.0873. The number of amides is 1. The largest absolute Gasteiger partial charge is 0.382 e. The summed E-state index contributed by atoms with van der Waals surface area (Å²) in [6.45, 7) is 2.45. The predicted octanol–water partition coefficient (Wildman–Crippen LogP) is 1.72. The number of nitrogens with two attached hydrogens (primary N) is 1. The molecule has 10 heteroatoms. The molecule has 29 heavy (non-hydrogen) atoms. The second kappa shape index (κ2) is 8.63. The lowest BCUT2D eigenvalue weighted by atomic mass is 9.98. The summed E-state index contributed by atoms with van der Waals surface area (Å²) in [7, 11) is -3.34. The summed E-state index contributed by atoms with van der Waals surface area (Å²) < 4.78 is 27.5. The van der Waals surface area contributed by atoms with E-state index in [9.17, 15) is 13.2 Å². The SMILES string of the molecule is CCCS(=O)(=O)N1CCCC(C(=O)Nc2ccccc2-n2ncc(C#N)c2N)C1. The number of nitrogens with zero attached hydrogens (tertiary/aromatic N) is 4. The molecule has 1 saturated heterocycles. The highest BCUT2D eigenvalue weighted by Gasteiger charge is 2.32. The minimum Gasteiger partial charge on any atom is -0.382 e. The van der Waals surface area contributed by atoms with E-state index in [1.165, 1.54) is 15.2 Å². The van der Waals surface area contributed by atoms with E-state index in [-0.39, 0.29) is 29.6 Å². The average molecular weight is 417 g/mol. The molecule has 0 saturated carbocycles. The third-order valence-corrected chi connectivity index (χ3v) is 6.97. The van der Waals surface area contributed by atoms with E-state index in [1.807, 2.05) is 13.0 Å². The van der Waals surface area contributed by atoms with E-state index in [4.69, 9.17) is 11.0 Å². The van der Waals surface area contributed by atoms with Crippen LogP contribution in [0.4, 0.5) is 11.5 Å². The van der Waals surface area contributed by atoms with E-state index in [2.05, 4.69) is 10.4 Å². The summed E-state index contributed by atoms with van der Waals surface area (Å²) in [6, 6.07) is 8.96. The first-order chi connectivity index (χ1) is 13.9. The van der Waals surface area contributed by atoms with Crippen LogP contribution in [0.3, 0.4) is 0 Å². The van der Waals surface area contributed by atoms with Crippen LogP contribution >= 0.6 is 0 Å². The van der Waals surface area contributed by atoms with Gasteiger partial charge in [-0.1, -0.05) is 19.1 Å². The van der Waals surface area contributed by atoms with Gasteiger partial charge in [-0.25, -0.2) is 17.4 Å². The maximum atomic E-state index is 12.9. The van der Waals surface area contributed by atoms with Crippen molar-refractivity contribution in [3.63, 3.8) is 0 Å². The van der Waals surface area contributed by atoms with Gasteiger partial charge in [-0.2, -0.15) is 10.4 Å². The standard InChI is InChI=1S/C19H24N6O3S/c1-2-10-29(27,28)24-9-5-6-14(13-24)19(26)23-16-7-3-4-8-17(16)25-18(21)15(11-20)12-22-25/h3-4,7-8,12,14H,2,5-6,9-10,13,21H2,1H3,(H,23,26). The summed E-state index contributed by atoms with van der Waals surface area (Å²) in [5.74, 6) is -0.416. The molecule has 1 amide bonds. The zero-order valence-corrected chi connectivity index (χ0v) is 17.0. The van der Waals surface area contributed by atoms with Crippen molar-refractivity contribution in [3.05, 3.63) is 36.0 Å². The second-order valence-electron chi connectivity index (χ2n) is 6.99. The number of nitrogens with one attached hydrogen (secondary N) is 1. The molecule has 154 valence electrons. The highest BCUT2D eigenvalue weighted by molar-refractivity contribution is 7.89. The Labute approximate surface area is 170 Å². The lowest BCUT2D eigenvalue weighted by Gasteiger charge is -2.31. The summed E-state index contributed by atoms with van der Waals surface area (Å²) in [4.78, 5) is 12.9. The fourth-order valence-corrected chi connectivity index (χ4v) is 5.02. The fraction of sp³-hybridized carbons (Fsp3) is 0.421. The normalized spacial score (nSPS) is 17.6. The Morgan fingerprint density at radius 1 is 1.41 bits per heavy atom. The maximum Gasteiger partial charge on any atom is 0.228 e. The number of nitrogen functional groups attached to an aromatic ring is 1. The number of para-hydroxylation sites is 2. The van der Waals surface area contributed by atoms with E-state index in [1.54, 1.807) is 24.3 Å². The Morgan fingerprint density at radius 3 is 2.86 bits per heavy atom. The Bertz CT molecular complexity index is 1040. The summed E-state index contributed by atoms with van der Waals surface area (Å²) >= 11 is 0. The molecule has 1 aromatic heterocycles. The number of carbonyl (C=O) groups excluding carboxylic acids is 1. The lowest BCUT2D eigenvalue weighted by Crippen LogP contribution is -2.44. The van der Waals surface area contributed by atoms with Crippen molar-refractivity contribution in [2.45, 2.75) is 26.2 Å². The van der Waals surface area contributed by atoms with Crippen LogP contribution < -0.4 is 11.1 Å². The van der Waals surface area contributed by atoms with Crippen LogP contribution in [0.1, 0.15) is 31.7 Å². The van der Waals surface area contributed by atoms with Gasteiger partial charge in [0.15, 0.2) is 0 Å². The molecule has 0 bridgehead atoms. The van der Waals surface area contributed by atoms with Crippen LogP contribution in [0.2, 0.25) is 0 Å². The smallest absolute Gasteiger partial charge is 0.228 e. The topological polar surface area (TPSA) is 134 Å². The molecular formula is C19H24N6O3S. The first-order valence-corrected chi connectivity index (χ1v) is 11.1. The number of aromatic nitrogens is 2. The Kier molecular flexibility index (Phi) is 6.20. The third-order valence-electron chi connectivity index (χ3n) is 4.93. The van der Waals surface area contributed by atoms with Crippen molar-refractivity contribution < 1.29 is 13.2 Å². The Hall–Kier alpha value is -2.90. The molecule has 0 aliphatic carbocycles. The van der Waals surface area contributed by atoms with Crippen molar-refractivity contribution in [2.75, 3.05) is 29.9 Å². The average Bonchev–Trinajstić information content (AvgIpc) is 3.09. The first kappa shape index (κ1) is 20.8. The lowest BCUT2D eigenvalue weighted by molar-refractivity contribution is -0.120. The van der Waals surface area contributed by atoms with Gasteiger partial charge >= 0.3 is 0 Å². The second-order valence-corrected chi connectivity index (χ2v) is 9.08. The van der Waals surface area contributed by atoms with Crippen LogP contribution in [-0.2, 0) is 14.8 Å². The number of benzene rings is 1. The molecule has 0 radical (unpaired) electrons. The Morgan fingerprint density at radius 2 is 2.17 bits per heavy atom. The number of sulfonamides is 1. The zero-order valence-electron chi connectivity index (χ0n) is 16.2. The van der Waals surface area contributed by atoms with Crippen molar-refractivity contribution in [1.82, 2.24) is 14.1 Å². The van der Waals surface area contributed by atoms with Crippen molar-refractivity contribution in [3.8, 4) is 11.8 Å². The van der Waals surface area contributed by atoms with Crippen LogP contribution in [0.5, 0.6) is 0 Å². The van der Waals surface area contributed by atoms with Gasteiger partial charge in [-0.15, -0.1) is 0 Å². The van der Waals surface area contributed by atoms with Crippen molar-refractivity contribution >= 4 is 27.4 Å². The van der Waals surface area contributed by atoms with Gasteiger partial charge in [-0.05, 0) is 31.4 Å². The highest BCUT2D eigenvalue weighted by Crippen LogP contribution is 2.26. The fourth-order valence-electron chi connectivity index (χ4n) is 3.43. The van der Waals surface area contributed by atoms with Gasteiger partial charge in [0.05, 0.1) is 29.2 Å². The quantitative estimate of drug-likeness (QED) is 0.736. The van der Waals surface area contributed by atoms with E-state index in [0.717, 1.165) is 0 Å². The molecular weight excluding hydrogens is 392 g/mol. The van der Waals surface area contributed by atoms with E-state index >= 15 is 0 Å². The molecule has 1 aliphatic rings. The van der Waals surface area contributed by atoms with Gasteiger partial charge < -0.3 is 11.1 Å². The molecule has 1 atom stereocenters. The summed E-state index contributed by atoms with van der Waals surface area (Å²) in [6.07, 6.45) is 3.17. The number of hydrogen-bond donors (Lipinski definition) is 2. The molecule has 1 aromatic carbocycles. The van der Waals surface area contributed by atoms with Gasteiger partial charge in [0, 0.05) is 13.1 Å². The van der Waals surface area contributed by atoms with E-state index < -0.39 is 15.9 Å². The molecule has 1 fully saturated rings. The minimum atomic E-state index is -3.34. The Balaban J connectivity index is 1.79. The highest BCUT2D eigenvalue weighted by atomic mass is 32.2. The molecule has 1 aliphatic heterocycles. The summed E-state index contributed by atoms with van der Waals surface area (Å²) in [5, 5.41) is 16.1. The number of piperidine rings is 1. The van der Waals surface area contributed by atoms with Crippen LogP contribution in [0.15, 0.2) is 30.5 Å². The van der Waals surface area contributed by atoms with Crippen LogP contribution in [-0.4, -0.2) is 47.3 Å². The van der Waals surface area contributed by atoms with Gasteiger partial charge in [0.1, 0.15) is 17.5 Å². The van der Waals surface area contributed by atoms with Crippen LogP contribution in [0.25, 0.3) is 5.69 Å². The van der Waals surface area contributed by atoms with E-state index in [0.29, 0.717) is 37.2 Å². The number of rotatable bonds is 6. The third kappa shape index (κ3) is 4.41.